The Morgan fingerprint density at radius 2 is 1.61 bits per heavy atom. The highest BCUT2D eigenvalue weighted by molar-refractivity contribution is 5.08. The van der Waals surface area contributed by atoms with Gasteiger partial charge in [0.25, 0.3) is 0 Å². The Bertz CT molecular complexity index is 267. The van der Waals surface area contributed by atoms with Gasteiger partial charge in [0.05, 0.1) is 18.8 Å². The minimum Gasteiger partial charge on any atom is -0.350 e. The average Bonchev–Trinajstić information content (AvgIpc) is 2.24. The highest BCUT2D eigenvalue weighted by atomic mass is 17.1. The SMILES string of the molecule is C1COC2(CC3(CNC3)C2)OC1.CC(C)(C)OO. The van der Waals surface area contributed by atoms with Gasteiger partial charge in [-0.05, 0) is 27.2 Å². The van der Waals surface area contributed by atoms with Gasteiger partial charge < -0.3 is 14.8 Å². The van der Waals surface area contributed by atoms with Gasteiger partial charge in [-0.15, -0.1) is 0 Å². The molecule has 0 bridgehead atoms. The molecule has 1 aliphatic carbocycles. The maximum atomic E-state index is 7.90. The van der Waals surface area contributed by atoms with Crippen LogP contribution in [-0.2, 0) is 14.4 Å². The van der Waals surface area contributed by atoms with E-state index in [1.54, 1.807) is 20.8 Å². The molecule has 3 rings (SSSR count). The van der Waals surface area contributed by atoms with Crippen LogP contribution in [0.2, 0.25) is 0 Å². The number of hydrogen-bond donors (Lipinski definition) is 2. The van der Waals surface area contributed by atoms with Crippen LogP contribution in [0, 0.1) is 5.41 Å². The average molecular weight is 259 g/mol. The molecule has 0 amide bonds. The highest BCUT2D eigenvalue weighted by Crippen LogP contribution is 2.54. The normalized spacial score (nSPS) is 28.0. The standard InChI is InChI=1S/C9H15NO2.C4H10O2/c1-2-11-9(12-3-1)4-8(5-9)6-10-7-8;1-4(2,3)6-5/h10H,1-7H2;5H,1-3H3. The van der Waals surface area contributed by atoms with E-state index in [2.05, 4.69) is 10.2 Å². The van der Waals surface area contributed by atoms with Crippen LogP contribution < -0.4 is 5.32 Å². The molecule has 2 spiro atoms. The predicted molar refractivity (Wildman–Crippen MR) is 67.3 cm³/mol. The van der Waals surface area contributed by atoms with Crippen molar-refractivity contribution in [3.63, 3.8) is 0 Å². The first kappa shape index (κ1) is 14.2. The monoisotopic (exact) mass is 259 g/mol. The third-order valence-electron chi connectivity index (χ3n) is 3.58. The lowest BCUT2D eigenvalue weighted by Crippen LogP contribution is -2.69. The summed E-state index contributed by atoms with van der Waals surface area (Å²) < 4.78 is 11.4. The highest BCUT2D eigenvalue weighted by Gasteiger charge is 2.59. The van der Waals surface area contributed by atoms with E-state index in [1.807, 2.05) is 0 Å². The Hall–Kier alpha value is -0.200. The van der Waals surface area contributed by atoms with Crippen molar-refractivity contribution < 1.29 is 19.6 Å². The second kappa shape index (κ2) is 5.06. The van der Waals surface area contributed by atoms with E-state index in [1.165, 1.54) is 13.1 Å². The van der Waals surface area contributed by atoms with Crippen molar-refractivity contribution in [2.45, 2.75) is 51.4 Å². The van der Waals surface area contributed by atoms with Gasteiger partial charge in [-0.3, -0.25) is 5.26 Å². The molecular weight excluding hydrogens is 234 g/mol. The topological polar surface area (TPSA) is 60.0 Å². The molecule has 1 saturated carbocycles. The molecule has 0 aromatic carbocycles. The first-order chi connectivity index (χ1) is 8.39. The molecule has 18 heavy (non-hydrogen) atoms. The van der Waals surface area contributed by atoms with Gasteiger partial charge in [-0.1, -0.05) is 0 Å². The Balaban J connectivity index is 0.000000174. The van der Waals surface area contributed by atoms with Gasteiger partial charge in [0.1, 0.15) is 0 Å². The molecule has 106 valence electrons. The molecule has 2 aliphatic heterocycles. The van der Waals surface area contributed by atoms with Crippen LogP contribution >= 0.6 is 0 Å². The van der Waals surface area contributed by atoms with Crippen molar-refractivity contribution in [2.75, 3.05) is 26.3 Å². The zero-order valence-corrected chi connectivity index (χ0v) is 11.6. The molecule has 0 radical (unpaired) electrons. The van der Waals surface area contributed by atoms with E-state index >= 15 is 0 Å². The van der Waals surface area contributed by atoms with Crippen molar-refractivity contribution in [1.29, 1.82) is 0 Å². The van der Waals surface area contributed by atoms with Gasteiger partial charge >= 0.3 is 0 Å². The first-order valence-corrected chi connectivity index (χ1v) is 6.70. The minimum absolute atomic E-state index is 0.152. The van der Waals surface area contributed by atoms with Crippen LogP contribution in [0.15, 0.2) is 0 Å². The van der Waals surface area contributed by atoms with E-state index < -0.39 is 5.60 Å². The zero-order chi connectivity index (χ0) is 13.3. The quantitative estimate of drug-likeness (QED) is 0.513. The summed E-state index contributed by atoms with van der Waals surface area (Å²) in [5.41, 5.74) is 0.150. The summed E-state index contributed by atoms with van der Waals surface area (Å²) in [6.07, 6.45) is 3.30. The van der Waals surface area contributed by atoms with Gasteiger partial charge in [0.15, 0.2) is 5.79 Å². The molecule has 0 atom stereocenters. The fraction of sp³-hybridized carbons (Fsp3) is 1.00. The van der Waals surface area contributed by atoms with Crippen LogP contribution in [0.25, 0.3) is 0 Å². The van der Waals surface area contributed by atoms with Crippen LogP contribution in [0.5, 0.6) is 0 Å². The fourth-order valence-corrected chi connectivity index (χ4v) is 2.64. The molecule has 5 nitrogen and oxygen atoms in total. The van der Waals surface area contributed by atoms with Gasteiger partial charge in [0.2, 0.25) is 0 Å². The van der Waals surface area contributed by atoms with E-state index in [0.717, 1.165) is 32.5 Å². The first-order valence-electron chi connectivity index (χ1n) is 6.70. The van der Waals surface area contributed by atoms with Gasteiger partial charge in [-0.2, -0.15) is 0 Å². The molecular formula is C13H25NO4. The van der Waals surface area contributed by atoms with Crippen molar-refractivity contribution >= 4 is 0 Å². The molecule has 2 saturated heterocycles. The summed E-state index contributed by atoms with van der Waals surface area (Å²) in [7, 11) is 0. The molecule has 0 unspecified atom stereocenters. The third kappa shape index (κ3) is 3.22. The second-order valence-corrected chi connectivity index (χ2v) is 6.62. The summed E-state index contributed by atoms with van der Waals surface area (Å²) in [4.78, 5) is 3.94. The summed E-state index contributed by atoms with van der Waals surface area (Å²) >= 11 is 0. The van der Waals surface area contributed by atoms with Crippen LogP contribution in [0.4, 0.5) is 0 Å². The lowest BCUT2D eigenvalue weighted by molar-refractivity contribution is -0.346. The largest absolute Gasteiger partial charge is 0.350 e. The number of ether oxygens (including phenoxy) is 2. The lowest BCUT2D eigenvalue weighted by atomic mass is 9.60. The Morgan fingerprint density at radius 3 is 1.94 bits per heavy atom. The zero-order valence-electron chi connectivity index (χ0n) is 11.6. The summed E-state index contributed by atoms with van der Waals surface area (Å²) in [5.74, 6) is -0.152. The Kier molecular flexibility index (Phi) is 3.99. The maximum Gasteiger partial charge on any atom is 0.169 e. The number of nitrogens with one attached hydrogen (secondary N) is 1. The number of rotatable bonds is 0. The smallest absolute Gasteiger partial charge is 0.169 e. The van der Waals surface area contributed by atoms with E-state index in [0.29, 0.717) is 5.41 Å². The van der Waals surface area contributed by atoms with E-state index in [9.17, 15) is 0 Å². The van der Waals surface area contributed by atoms with Crippen LogP contribution in [0.1, 0.15) is 40.0 Å². The van der Waals surface area contributed by atoms with E-state index in [-0.39, 0.29) is 5.79 Å². The molecule has 0 aromatic rings. The summed E-state index contributed by atoms with van der Waals surface area (Å²) in [6, 6.07) is 0. The lowest BCUT2D eigenvalue weighted by Gasteiger charge is -2.60. The molecule has 5 heteroatoms. The summed E-state index contributed by atoms with van der Waals surface area (Å²) in [6.45, 7) is 9.43. The van der Waals surface area contributed by atoms with Gasteiger partial charge in [-0.25, -0.2) is 4.89 Å². The van der Waals surface area contributed by atoms with Crippen molar-refractivity contribution in [3.05, 3.63) is 0 Å². The number of hydrogen-bond acceptors (Lipinski definition) is 5. The Morgan fingerprint density at radius 1 is 1.11 bits per heavy atom. The minimum atomic E-state index is -0.403. The molecule has 3 fully saturated rings. The van der Waals surface area contributed by atoms with Crippen molar-refractivity contribution in [2.24, 2.45) is 5.41 Å². The second-order valence-electron chi connectivity index (χ2n) is 6.62. The fourth-order valence-electron chi connectivity index (χ4n) is 2.64. The predicted octanol–water partition coefficient (Wildman–Crippen LogP) is 1.78. The summed E-state index contributed by atoms with van der Waals surface area (Å²) in [5, 5.41) is 11.2. The van der Waals surface area contributed by atoms with Gasteiger partial charge in [0, 0.05) is 31.3 Å². The van der Waals surface area contributed by atoms with Crippen LogP contribution in [0.3, 0.4) is 0 Å². The molecule has 0 aromatic heterocycles. The Labute approximate surface area is 109 Å². The molecule has 2 heterocycles. The van der Waals surface area contributed by atoms with Crippen LogP contribution in [-0.4, -0.2) is 42.9 Å². The third-order valence-corrected chi connectivity index (χ3v) is 3.58. The van der Waals surface area contributed by atoms with Crippen molar-refractivity contribution in [1.82, 2.24) is 5.32 Å². The molecule has 2 N–H and O–H groups in total. The maximum absolute atomic E-state index is 7.90. The van der Waals surface area contributed by atoms with E-state index in [4.69, 9.17) is 14.7 Å². The molecule has 3 aliphatic rings. The van der Waals surface area contributed by atoms with Crippen molar-refractivity contribution in [3.8, 4) is 0 Å².